The summed E-state index contributed by atoms with van der Waals surface area (Å²) < 4.78 is 0. The number of carbonyl (C=O) groups excluding carboxylic acids is 1. The monoisotopic (exact) mass is 386 g/mol. The SMILES string of the molecule is Cc1cc(CO)cc(C(=O)/C=C/c2cc(-c3ccc(Cl)c(Cl)c3)n[nH]2)c1. The summed E-state index contributed by atoms with van der Waals surface area (Å²) in [6, 6.07) is 12.4. The lowest BCUT2D eigenvalue weighted by atomic mass is 10.0. The van der Waals surface area contributed by atoms with Gasteiger partial charge < -0.3 is 5.11 Å². The van der Waals surface area contributed by atoms with Crippen molar-refractivity contribution in [1.29, 1.82) is 0 Å². The second-order valence-electron chi connectivity index (χ2n) is 5.90. The van der Waals surface area contributed by atoms with Crippen LogP contribution in [-0.2, 0) is 6.61 Å². The summed E-state index contributed by atoms with van der Waals surface area (Å²) in [5, 5.41) is 17.3. The number of H-pyrrole nitrogens is 1. The molecule has 26 heavy (non-hydrogen) atoms. The second kappa shape index (κ2) is 7.87. The van der Waals surface area contributed by atoms with E-state index in [9.17, 15) is 9.90 Å². The molecule has 0 amide bonds. The molecule has 2 aromatic carbocycles. The van der Waals surface area contributed by atoms with Crippen LogP contribution in [-0.4, -0.2) is 21.1 Å². The molecule has 0 unspecified atom stereocenters. The number of carbonyl (C=O) groups is 1. The molecule has 0 saturated carbocycles. The first-order valence-electron chi connectivity index (χ1n) is 7.91. The zero-order valence-electron chi connectivity index (χ0n) is 14.0. The third kappa shape index (κ3) is 4.22. The number of nitrogens with one attached hydrogen (secondary N) is 1. The molecular formula is C20H16Cl2N2O2. The molecule has 0 saturated heterocycles. The number of rotatable bonds is 5. The number of aliphatic hydroxyl groups excluding tert-OH is 1. The van der Waals surface area contributed by atoms with Crippen molar-refractivity contribution >= 4 is 35.1 Å². The predicted molar refractivity (Wildman–Crippen MR) is 105 cm³/mol. The van der Waals surface area contributed by atoms with Crippen molar-refractivity contribution in [3.05, 3.63) is 81.0 Å². The fraction of sp³-hybridized carbons (Fsp3) is 0.100. The number of ketones is 1. The number of aromatic nitrogens is 2. The standard InChI is InChI=1S/C20H16Cl2N2O2/c1-12-6-13(11-25)8-15(7-12)20(26)5-3-16-10-19(24-23-16)14-2-4-17(21)18(22)9-14/h2-10,25H,11H2,1H3,(H,23,24)/b5-3+. The van der Waals surface area contributed by atoms with E-state index in [4.69, 9.17) is 23.2 Å². The molecule has 0 bridgehead atoms. The number of aliphatic hydroxyl groups is 1. The Hall–Kier alpha value is -2.40. The maximum absolute atomic E-state index is 12.4. The Labute approximate surface area is 161 Å². The van der Waals surface area contributed by atoms with Gasteiger partial charge in [0.2, 0.25) is 0 Å². The van der Waals surface area contributed by atoms with Gasteiger partial charge in [-0.15, -0.1) is 0 Å². The Morgan fingerprint density at radius 2 is 1.96 bits per heavy atom. The van der Waals surface area contributed by atoms with Crippen molar-refractivity contribution in [2.24, 2.45) is 0 Å². The van der Waals surface area contributed by atoms with E-state index in [0.717, 1.165) is 11.1 Å². The Bertz CT molecular complexity index is 993. The van der Waals surface area contributed by atoms with E-state index in [2.05, 4.69) is 10.2 Å². The van der Waals surface area contributed by atoms with Crippen LogP contribution in [0.4, 0.5) is 0 Å². The molecule has 3 rings (SSSR count). The highest BCUT2D eigenvalue weighted by Crippen LogP contribution is 2.28. The van der Waals surface area contributed by atoms with Gasteiger partial charge in [-0.3, -0.25) is 9.89 Å². The van der Waals surface area contributed by atoms with Gasteiger partial charge in [0.1, 0.15) is 0 Å². The topological polar surface area (TPSA) is 66.0 Å². The van der Waals surface area contributed by atoms with Gasteiger partial charge in [0.05, 0.1) is 28.0 Å². The van der Waals surface area contributed by atoms with Gasteiger partial charge in [-0.2, -0.15) is 5.10 Å². The first-order valence-corrected chi connectivity index (χ1v) is 8.66. The number of aryl methyl sites for hydroxylation is 1. The summed E-state index contributed by atoms with van der Waals surface area (Å²) in [4.78, 5) is 12.4. The molecule has 0 spiro atoms. The van der Waals surface area contributed by atoms with Gasteiger partial charge in [0.25, 0.3) is 0 Å². The molecule has 0 atom stereocenters. The minimum absolute atomic E-state index is 0.0980. The molecule has 1 aromatic heterocycles. The van der Waals surface area contributed by atoms with Crippen LogP contribution in [0.15, 0.2) is 48.5 Å². The van der Waals surface area contributed by atoms with Crippen molar-refractivity contribution < 1.29 is 9.90 Å². The van der Waals surface area contributed by atoms with Crippen LogP contribution in [0.3, 0.4) is 0 Å². The number of hydrogen-bond donors (Lipinski definition) is 2. The summed E-state index contributed by atoms with van der Waals surface area (Å²) in [6.45, 7) is 1.79. The number of benzene rings is 2. The van der Waals surface area contributed by atoms with Crippen LogP contribution in [0.2, 0.25) is 10.0 Å². The highest BCUT2D eigenvalue weighted by atomic mass is 35.5. The van der Waals surface area contributed by atoms with Crippen LogP contribution >= 0.6 is 23.2 Å². The molecule has 2 N–H and O–H groups in total. The maximum Gasteiger partial charge on any atom is 0.185 e. The van der Waals surface area contributed by atoms with Gasteiger partial charge >= 0.3 is 0 Å². The van der Waals surface area contributed by atoms with E-state index in [1.165, 1.54) is 6.08 Å². The average Bonchev–Trinajstić information content (AvgIpc) is 3.10. The van der Waals surface area contributed by atoms with Crippen molar-refractivity contribution in [2.75, 3.05) is 0 Å². The van der Waals surface area contributed by atoms with E-state index in [1.807, 2.05) is 25.1 Å². The Balaban J connectivity index is 1.79. The van der Waals surface area contributed by atoms with Crippen molar-refractivity contribution in [3.63, 3.8) is 0 Å². The third-order valence-corrected chi connectivity index (χ3v) is 4.57. The molecule has 0 aliphatic heterocycles. The molecule has 3 aromatic rings. The van der Waals surface area contributed by atoms with Gasteiger partial charge in [-0.1, -0.05) is 40.9 Å². The smallest absolute Gasteiger partial charge is 0.185 e. The van der Waals surface area contributed by atoms with E-state index in [1.54, 1.807) is 30.3 Å². The molecule has 0 aliphatic rings. The summed E-state index contributed by atoms with van der Waals surface area (Å²) >= 11 is 12.0. The van der Waals surface area contributed by atoms with Crippen molar-refractivity contribution in [3.8, 4) is 11.3 Å². The number of allylic oxidation sites excluding steroid dienone is 1. The first-order chi connectivity index (χ1) is 12.5. The molecule has 0 radical (unpaired) electrons. The zero-order chi connectivity index (χ0) is 18.7. The lowest BCUT2D eigenvalue weighted by Crippen LogP contribution is -1.97. The van der Waals surface area contributed by atoms with E-state index >= 15 is 0 Å². The quantitative estimate of drug-likeness (QED) is 0.474. The molecule has 132 valence electrons. The van der Waals surface area contributed by atoms with Crippen LogP contribution in [0.1, 0.15) is 27.2 Å². The second-order valence-corrected chi connectivity index (χ2v) is 6.71. The van der Waals surface area contributed by atoms with Gasteiger partial charge in [0, 0.05) is 11.1 Å². The lowest BCUT2D eigenvalue weighted by molar-refractivity contribution is 0.104. The summed E-state index contributed by atoms with van der Waals surface area (Å²) in [6.07, 6.45) is 3.14. The van der Waals surface area contributed by atoms with Gasteiger partial charge in [-0.05, 0) is 55.0 Å². The number of nitrogens with zero attached hydrogens (tertiary/aromatic N) is 1. The zero-order valence-corrected chi connectivity index (χ0v) is 15.5. The Kier molecular flexibility index (Phi) is 5.57. The summed E-state index contributed by atoms with van der Waals surface area (Å²) in [7, 11) is 0. The molecular weight excluding hydrogens is 371 g/mol. The van der Waals surface area contributed by atoms with Crippen LogP contribution in [0.25, 0.3) is 17.3 Å². The van der Waals surface area contributed by atoms with Gasteiger partial charge in [-0.25, -0.2) is 0 Å². The molecule has 1 heterocycles. The van der Waals surface area contributed by atoms with E-state index in [0.29, 0.717) is 32.6 Å². The normalized spacial score (nSPS) is 11.2. The molecule has 0 aliphatic carbocycles. The highest BCUT2D eigenvalue weighted by Gasteiger charge is 2.07. The minimum atomic E-state index is -0.144. The average molecular weight is 387 g/mol. The van der Waals surface area contributed by atoms with E-state index in [-0.39, 0.29) is 12.4 Å². The van der Waals surface area contributed by atoms with E-state index < -0.39 is 0 Å². The highest BCUT2D eigenvalue weighted by molar-refractivity contribution is 6.42. The molecule has 6 heteroatoms. The predicted octanol–water partition coefficient (Wildman–Crippen LogP) is 5.08. The lowest BCUT2D eigenvalue weighted by Gasteiger charge is -2.02. The van der Waals surface area contributed by atoms with Crippen LogP contribution in [0, 0.1) is 6.92 Å². The maximum atomic E-state index is 12.4. The minimum Gasteiger partial charge on any atom is -0.392 e. The fourth-order valence-electron chi connectivity index (χ4n) is 2.58. The first kappa shape index (κ1) is 18.4. The molecule has 4 nitrogen and oxygen atoms in total. The number of aromatic amines is 1. The Morgan fingerprint density at radius 3 is 2.69 bits per heavy atom. The summed E-state index contributed by atoms with van der Waals surface area (Å²) in [5.41, 5.74) is 4.40. The Morgan fingerprint density at radius 1 is 1.15 bits per heavy atom. The van der Waals surface area contributed by atoms with Crippen molar-refractivity contribution in [2.45, 2.75) is 13.5 Å². The van der Waals surface area contributed by atoms with Crippen molar-refractivity contribution in [1.82, 2.24) is 10.2 Å². The summed E-state index contributed by atoms with van der Waals surface area (Å²) in [5.74, 6) is -0.144. The molecule has 0 fully saturated rings. The fourth-order valence-corrected chi connectivity index (χ4v) is 2.88. The van der Waals surface area contributed by atoms with Crippen LogP contribution < -0.4 is 0 Å². The largest absolute Gasteiger partial charge is 0.392 e. The number of halogens is 2. The van der Waals surface area contributed by atoms with Crippen LogP contribution in [0.5, 0.6) is 0 Å². The van der Waals surface area contributed by atoms with Gasteiger partial charge in [0.15, 0.2) is 5.78 Å². The number of hydrogen-bond acceptors (Lipinski definition) is 3. The third-order valence-electron chi connectivity index (χ3n) is 3.83.